The fourth-order valence-corrected chi connectivity index (χ4v) is 1.12. The van der Waals surface area contributed by atoms with Gasteiger partial charge in [0.05, 0.1) is 11.4 Å². The fourth-order valence-electron chi connectivity index (χ4n) is 0.937. The van der Waals surface area contributed by atoms with Gasteiger partial charge >= 0.3 is 5.97 Å². The second kappa shape index (κ2) is 4.20. The summed E-state index contributed by atoms with van der Waals surface area (Å²) in [6.07, 6.45) is 2.86. The lowest BCUT2D eigenvalue weighted by Crippen LogP contribution is -2.15. The molecule has 3 N–H and O–H groups in total. The van der Waals surface area contributed by atoms with Crippen molar-refractivity contribution in [1.29, 1.82) is 0 Å². The average molecular weight is 201 g/mol. The largest absolute Gasteiger partial charge is 0.481 e. The summed E-state index contributed by atoms with van der Waals surface area (Å²) in [6.45, 7) is 0. The van der Waals surface area contributed by atoms with Gasteiger partial charge in [-0.2, -0.15) is 0 Å². The van der Waals surface area contributed by atoms with Crippen molar-refractivity contribution >= 4 is 17.6 Å². The molecule has 0 aromatic carbocycles. The summed E-state index contributed by atoms with van der Waals surface area (Å²) in [5.41, 5.74) is 6.22. The topological polar surface area (TPSA) is 76.2 Å². The Morgan fingerprint density at radius 1 is 1.69 bits per heavy atom. The van der Waals surface area contributed by atoms with Crippen LogP contribution in [0.3, 0.4) is 0 Å². The van der Waals surface area contributed by atoms with E-state index in [4.69, 9.17) is 22.4 Å². The van der Waals surface area contributed by atoms with E-state index in [1.807, 2.05) is 0 Å². The van der Waals surface area contributed by atoms with Crippen LogP contribution in [0.25, 0.3) is 0 Å². The zero-order valence-electron chi connectivity index (χ0n) is 6.77. The zero-order valence-corrected chi connectivity index (χ0v) is 7.53. The van der Waals surface area contributed by atoms with Gasteiger partial charge in [0.2, 0.25) is 0 Å². The lowest BCUT2D eigenvalue weighted by Gasteiger charge is -2.08. The maximum Gasteiger partial charge on any atom is 0.305 e. The Morgan fingerprint density at radius 3 is 2.92 bits per heavy atom. The first-order chi connectivity index (χ1) is 6.09. The summed E-state index contributed by atoms with van der Waals surface area (Å²) in [5.74, 6) is -0.938. The summed E-state index contributed by atoms with van der Waals surface area (Å²) in [5, 5.41) is 8.94. The molecule has 1 aromatic rings. The standard InChI is InChI=1S/C8H9ClN2O2/c9-6-1-5(3-11-4-6)7(10)2-8(12)13/h1,3-4,7H,2,10H2,(H,12,13)/t7-/m1/s1. The van der Waals surface area contributed by atoms with E-state index in [1.165, 1.54) is 12.4 Å². The minimum atomic E-state index is -0.938. The van der Waals surface area contributed by atoms with Crippen LogP contribution in [-0.2, 0) is 4.79 Å². The van der Waals surface area contributed by atoms with Crippen LogP contribution < -0.4 is 5.73 Å². The van der Waals surface area contributed by atoms with Gasteiger partial charge in [-0.25, -0.2) is 0 Å². The minimum Gasteiger partial charge on any atom is -0.481 e. The van der Waals surface area contributed by atoms with Crippen LogP contribution >= 0.6 is 11.6 Å². The van der Waals surface area contributed by atoms with Crippen molar-refractivity contribution in [3.63, 3.8) is 0 Å². The van der Waals surface area contributed by atoms with Crippen molar-refractivity contribution in [2.75, 3.05) is 0 Å². The number of hydrogen-bond acceptors (Lipinski definition) is 3. The number of nitrogens with two attached hydrogens (primary N) is 1. The molecule has 0 aliphatic carbocycles. The Labute approximate surface area is 80.3 Å². The Hall–Kier alpha value is -1.13. The lowest BCUT2D eigenvalue weighted by molar-refractivity contribution is -0.137. The molecular weight excluding hydrogens is 192 g/mol. The first-order valence-electron chi connectivity index (χ1n) is 3.67. The van der Waals surface area contributed by atoms with E-state index in [2.05, 4.69) is 4.98 Å². The number of halogens is 1. The number of aliphatic carboxylic acids is 1. The molecule has 0 spiro atoms. The van der Waals surface area contributed by atoms with Crippen LogP contribution in [0.5, 0.6) is 0 Å². The van der Waals surface area contributed by atoms with Crippen molar-refractivity contribution in [2.24, 2.45) is 5.73 Å². The molecule has 0 saturated carbocycles. The molecule has 0 bridgehead atoms. The molecule has 0 unspecified atom stereocenters. The highest BCUT2D eigenvalue weighted by atomic mass is 35.5. The first-order valence-corrected chi connectivity index (χ1v) is 4.05. The van der Waals surface area contributed by atoms with Crippen molar-refractivity contribution < 1.29 is 9.90 Å². The second-order valence-corrected chi connectivity index (χ2v) is 3.08. The van der Waals surface area contributed by atoms with E-state index in [1.54, 1.807) is 6.07 Å². The number of rotatable bonds is 3. The van der Waals surface area contributed by atoms with Gasteiger partial charge in [-0.15, -0.1) is 0 Å². The van der Waals surface area contributed by atoms with Crippen LogP contribution in [0.1, 0.15) is 18.0 Å². The van der Waals surface area contributed by atoms with Crippen LogP contribution in [0.4, 0.5) is 0 Å². The normalized spacial score (nSPS) is 12.5. The Morgan fingerprint density at radius 2 is 2.38 bits per heavy atom. The van der Waals surface area contributed by atoms with E-state index in [0.717, 1.165) is 0 Å². The minimum absolute atomic E-state index is 0.123. The van der Waals surface area contributed by atoms with Gasteiger partial charge < -0.3 is 10.8 Å². The molecule has 0 amide bonds. The van der Waals surface area contributed by atoms with Crippen LogP contribution in [0.15, 0.2) is 18.5 Å². The van der Waals surface area contributed by atoms with E-state index >= 15 is 0 Å². The number of aromatic nitrogens is 1. The lowest BCUT2D eigenvalue weighted by atomic mass is 10.1. The van der Waals surface area contributed by atoms with Gasteiger partial charge in [0.1, 0.15) is 0 Å². The third-order valence-corrected chi connectivity index (χ3v) is 1.76. The van der Waals surface area contributed by atoms with Crippen molar-refractivity contribution in [1.82, 2.24) is 4.98 Å². The third-order valence-electron chi connectivity index (χ3n) is 1.55. The highest BCUT2D eigenvalue weighted by Gasteiger charge is 2.10. The molecule has 0 fully saturated rings. The quantitative estimate of drug-likeness (QED) is 0.769. The molecule has 4 nitrogen and oxygen atoms in total. The molecule has 1 heterocycles. The van der Waals surface area contributed by atoms with Crippen molar-refractivity contribution in [3.05, 3.63) is 29.0 Å². The van der Waals surface area contributed by atoms with Gasteiger partial charge in [0.25, 0.3) is 0 Å². The summed E-state index contributed by atoms with van der Waals surface area (Å²) < 4.78 is 0. The molecule has 1 atom stereocenters. The zero-order chi connectivity index (χ0) is 9.84. The maximum absolute atomic E-state index is 10.3. The number of nitrogens with zero attached hydrogens (tertiary/aromatic N) is 1. The third kappa shape index (κ3) is 3.01. The van der Waals surface area contributed by atoms with E-state index in [-0.39, 0.29) is 6.42 Å². The number of carbonyl (C=O) groups is 1. The highest BCUT2D eigenvalue weighted by Crippen LogP contribution is 2.16. The average Bonchev–Trinajstić information content (AvgIpc) is 2.03. The number of carboxylic acids is 1. The predicted molar refractivity (Wildman–Crippen MR) is 48.4 cm³/mol. The van der Waals surface area contributed by atoms with E-state index < -0.39 is 12.0 Å². The van der Waals surface area contributed by atoms with Gasteiger partial charge in [-0.05, 0) is 11.6 Å². The van der Waals surface area contributed by atoms with Crippen molar-refractivity contribution in [3.8, 4) is 0 Å². The van der Waals surface area contributed by atoms with Gasteiger partial charge in [-0.1, -0.05) is 11.6 Å². The SMILES string of the molecule is N[C@H](CC(=O)O)c1cncc(Cl)c1. The van der Waals surface area contributed by atoms with E-state index in [9.17, 15) is 4.79 Å². The summed E-state index contributed by atoms with van der Waals surface area (Å²) in [6, 6.07) is 1.06. The molecule has 70 valence electrons. The van der Waals surface area contributed by atoms with Gasteiger partial charge in [-0.3, -0.25) is 9.78 Å². The Bertz CT molecular complexity index is 317. The molecular formula is C8H9ClN2O2. The van der Waals surface area contributed by atoms with Crippen LogP contribution in [-0.4, -0.2) is 16.1 Å². The molecule has 1 aromatic heterocycles. The van der Waals surface area contributed by atoms with Crippen molar-refractivity contribution in [2.45, 2.75) is 12.5 Å². The van der Waals surface area contributed by atoms with E-state index in [0.29, 0.717) is 10.6 Å². The fraction of sp³-hybridized carbons (Fsp3) is 0.250. The maximum atomic E-state index is 10.3. The van der Waals surface area contributed by atoms with Gasteiger partial charge in [0.15, 0.2) is 0 Å². The van der Waals surface area contributed by atoms with Crippen LogP contribution in [0.2, 0.25) is 5.02 Å². The van der Waals surface area contributed by atoms with Crippen LogP contribution in [0, 0.1) is 0 Å². The smallest absolute Gasteiger partial charge is 0.305 e. The molecule has 13 heavy (non-hydrogen) atoms. The second-order valence-electron chi connectivity index (χ2n) is 2.64. The first kappa shape index (κ1) is 9.95. The Kier molecular flexibility index (Phi) is 3.22. The predicted octanol–water partition coefficient (Wildman–Crippen LogP) is 1.21. The molecule has 5 heteroatoms. The number of pyridine rings is 1. The number of hydrogen-bond donors (Lipinski definition) is 2. The molecule has 0 aliphatic rings. The molecule has 0 radical (unpaired) electrons. The number of carboxylic acid groups (broad SMARTS) is 1. The Balaban J connectivity index is 2.76. The molecule has 0 aliphatic heterocycles. The highest BCUT2D eigenvalue weighted by molar-refractivity contribution is 6.30. The summed E-state index contributed by atoms with van der Waals surface area (Å²) in [4.78, 5) is 14.1. The monoisotopic (exact) mass is 200 g/mol. The summed E-state index contributed by atoms with van der Waals surface area (Å²) in [7, 11) is 0. The molecule has 0 saturated heterocycles. The van der Waals surface area contributed by atoms with Gasteiger partial charge in [0, 0.05) is 18.4 Å². The molecule has 1 rings (SSSR count). The summed E-state index contributed by atoms with van der Waals surface area (Å²) >= 11 is 5.66.